The van der Waals surface area contributed by atoms with E-state index in [1.54, 1.807) is 0 Å². The van der Waals surface area contributed by atoms with Gasteiger partial charge < -0.3 is 10.4 Å². The third-order valence-electron chi connectivity index (χ3n) is 3.73. The van der Waals surface area contributed by atoms with E-state index in [1.807, 2.05) is 0 Å². The van der Waals surface area contributed by atoms with Crippen molar-refractivity contribution in [2.45, 2.75) is 38.7 Å². The molecule has 1 aliphatic rings. The van der Waals surface area contributed by atoms with Crippen molar-refractivity contribution in [2.75, 3.05) is 13.1 Å². The van der Waals surface area contributed by atoms with Crippen molar-refractivity contribution in [1.82, 2.24) is 5.32 Å². The standard InChI is InChI=1S/C15H23NO/c1-11(2)12-5-7-13(8-6-12)15(17)14-4-3-9-16-10-14/h5-8,11,14-17H,3-4,9-10H2,1-2H3. The molecular weight excluding hydrogens is 210 g/mol. The molecule has 1 heterocycles. The van der Waals surface area contributed by atoms with Crippen molar-refractivity contribution in [3.8, 4) is 0 Å². The minimum absolute atomic E-state index is 0.316. The van der Waals surface area contributed by atoms with Gasteiger partial charge in [-0.05, 0) is 36.4 Å². The van der Waals surface area contributed by atoms with Crippen LogP contribution in [0.4, 0.5) is 0 Å². The summed E-state index contributed by atoms with van der Waals surface area (Å²) in [6.07, 6.45) is 1.98. The molecule has 2 nitrogen and oxygen atoms in total. The lowest BCUT2D eigenvalue weighted by molar-refractivity contribution is 0.0921. The van der Waals surface area contributed by atoms with Crippen LogP contribution in [0.2, 0.25) is 0 Å². The largest absolute Gasteiger partial charge is 0.388 e. The molecule has 2 unspecified atom stereocenters. The molecule has 2 atom stereocenters. The van der Waals surface area contributed by atoms with Crippen LogP contribution >= 0.6 is 0 Å². The van der Waals surface area contributed by atoms with Gasteiger partial charge in [0.15, 0.2) is 0 Å². The van der Waals surface area contributed by atoms with Crippen LogP contribution in [0.15, 0.2) is 24.3 Å². The molecule has 2 rings (SSSR count). The summed E-state index contributed by atoms with van der Waals surface area (Å²) in [7, 11) is 0. The summed E-state index contributed by atoms with van der Waals surface area (Å²) in [6.45, 7) is 6.41. The first-order chi connectivity index (χ1) is 8.18. The Balaban J connectivity index is 2.05. The van der Waals surface area contributed by atoms with Gasteiger partial charge in [-0.1, -0.05) is 38.1 Å². The van der Waals surface area contributed by atoms with Crippen LogP contribution in [-0.4, -0.2) is 18.2 Å². The van der Waals surface area contributed by atoms with Crippen molar-refractivity contribution in [2.24, 2.45) is 5.92 Å². The Hall–Kier alpha value is -0.860. The van der Waals surface area contributed by atoms with Crippen molar-refractivity contribution < 1.29 is 5.11 Å². The Morgan fingerprint density at radius 1 is 1.18 bits per heavy atom. The smallest absolute Gasteiger partial charge is 0.0830 e. The summed E-state index contributed by atoms with van der Waals surface area (Å²) in [4.78, 5) is 0. The minimum Gasteiger partial charge on any atom is -0.388 e. The number of piperidine rings is 1. The first-order valence-electron chi connectivity index (χ1n) is 6.67. The molecule has 1 saturated heterocycles. The monoisotopic (exact) mass is 233 g/mol. The van der Waals surface area contributed by atoms with Crippen molar-refractivity contribution in [3.05, 3.63) is 35.4 Å². The average molecular weight is 233 g/mol. The van der Waals surface area contributed by atoms with E-state index in [1.165, 1.54) is 12.0 Å². The zero-order valence-electron chi connectivity index (χ0n) is 10.8. The molecule has 2 heteroatoms. The van der Waals surface area contributed by atoms with E-state index in [-0.39, 0.29) is 6.10 Å². The van der Waals surface area contributed by atoms with Gasteiger partial charge in [0.05, 0.1) is 6.10 Å². The fourth-order valence-corrected chi connectivity index (χ4v) is 2.50. The molecule has 0 radical (unpaired) electrons. The van der Waals surface area contributed by atoms with Gasteiger partial charge in [-0.15, -0.1) is 0 Å². The maximum atomic E-state index is 10.3. The second kappa shape index (κ2) is 5.65. The van der Waals surface area contributed by atoms with Gasteiger partial charge in [0.1, 0.15) is 0 Å². The second-order valence-corrected chi connectivity index (χ2v) is 5.37. The maximum Gasteiger partial charge on any atom is 0.0830 e. The van der Waals surface area contributed by atoms with Crippen molar-refractivity contribution in [3.63, 3.8) is 0 Å². The molecule has 94 valence electrons. The average Bonchev–Trinajstić information content (AvgIpc) is 2.39. The molecule has 17 heavy (non-hydrogen) atoms. The van der Waals surface area contributed by atoms with E-state index < -0.39 is 0 Å². The Labute approximate surface area is 104 Å². The SMILES string of the molecule is CC(C)c1ccc(C(O)C2CCCNC2)cc1. The molecule has 0 aliphatic carbocycles. The number of aliphatic hydroxyl groups excluding tert-OH is 1. The van der Waals surface area contributed by atoms with E-state index in [0.717, 1.165) is 25.1 Å². The summed E-state index contributed by atoms with van der Waals surface area (Å²) in [5.74, 6) is 0.922. The van der Waals surface area contributed by atoms with E-state index in [9.17, 15) is 5.11 Å². The molecule has 0 spiro atoms. The second-order valence-electron chi connectivity index (χ2n) is 5.37. The highest BCUT2D eigenvalue weighted by Gasteiger charge is 2.22. The number of hydrogen-bond acceptors (Lipinski definition) is 2. The first kappa shape index (κ1) is 12.6. The molecule has 1 aromatic carbocycles. The molecule has 0 saturated carbocycles. The lowest BCUT2D eigenvalue weighted by atomic mass is 9.88. The highest BCUT2D eigenvalue weighted by Crippen LogP contribution is 2.28. The maximum absolute atomic E-state index is 10.3. The molecule has 1 fully saturated rings. The van der Waals surface area contributed by atoms with Gasteiger partial charge in [0.2, 0.25) is 0 Å². The Morgan fingerprint density at radius 3 is 2.35 bits per heavy atom. The summed E-state index contributed by atoms with van der Waals surface area (Å²) >= 11 is 0. The summed E-state index contributed by atoms with van der Waals surface area (Å²) in [5, 5.41) is 13.7. The van der Waals surface area contributed by atoms with Crippen LogP contribution in [0.5, 0.6) is 0 Å². The van der Waals surface area contributed by atoms with Crippen LogP contribution in [0.3, 0.4) is 0 Å². The molecular formula is C15H23NO. The zero-order chi connectivity index (χ0) is 12.3. The van der Waals surface area contributed by atoms with E-state index in [4.69, 9.17) is 0 Å². The van der Waals surface area contributed by atoms with Gasteiger partial charge in [-0.25, -0.2) is 0 Å². The number of rotatable bonds is 3. The zero-order valence-corrected chi connectivity index (χ0v) is 10.8. The number of aliphatic hydroxyl groups is 1. The minimum atomic E-state index is -0.316. The molecule has 1 aromatic rings. The Morgan fingerprint density at radius 2 is 1.82 bits per heavy atom. The van der Waals surface area contributed by atoms with E-state index >= 15 is 0 Å². The highest BCUT2D eigenvalue weighted by molar-refractivity contribution is 5.26. The van der Waals surface area contributed by atoms with Crippen molar-refractivity contribution in [1.29, 1.82) is 0 Å². The van der Waals surface area contributed by atoms with Crippen LogP contribution in [-0.2, 0) is 0 Å². The van der Waals surface area contributed by atoms with Gasteiger partial charge in [0.25, 0.3) is 0 Å². The Bertz CT molecular complexity index is 338. The third kappa shape index (κ3) is 3.08. The predicted octanol–water partition coefficient (Wildman–Crippen LogP) is 2.84. The number of benzene rings is 1. The predicted molar refractivity (Wildman–Crippen MR) is 71.1 cm³/mol. The van der Waals surface area contributed by atoms with Crippen LogP contribution < -0.4 is 5.32 Å². The lowest BCUT2D eigenvalue weighted by Crippen LogP contribution is -2.33. The van der Waals surface area contributed by atoms with Gasteiger partial charge in [-0.3, -0.25) is 0 Å². The lowest BCUT2D eigenvalue weighted by Gasteiger charge is -2.27. The number of hydrogen-bond donors (Lipinski definition) is 2. The summed E-state index contributed by atoms with van der Waals surface area (Å²) < 4.78 is 0. The molecule has 0 amide bonds. The summed E-state index contributed by atoms with van der Waals surface area (Å²) in [6, 6.07) is 8.43. The number of nitrogens with one attached hydrogen (secondary N) is 1. The normalized spacial score (nSPS) is 22.7. The van der Waals surface area contributed by atoms with Crippen LogP contribution in [0.25, 0.3) is 0 Å². The first-order valence-corrected chi connectivity index (χ1v) is 6.67. The fourth-order valence-electron chi connectivity index (χ4n) is 2.50. The molecule has 2 N–H and O–H groups in total. The van der Waals surface area contributed by atoms with Crippen LogP contribution in [0.1, 0.15) is 49.8 Å². The van der Waals surface area contributed by atoms with Gasteiger partial charge >= 0.3 is 0 Å². The van der Waals surface area contributed by atoms with E-state index in [2.05, 4.69) is 43.4 Å². The third-order valence-corrected chi connectivity index (χ3v) is 3.73. The molecule has 0 bridgehead atoms. The van der Waals surface area contributed by atoms with Gasteiger partial charge in [-0.2, -0.15) is 0 Å². The highest BCUT2D eigenvalue weighted by atomic mass is 16.3. The van der Waals surface area contributed by atoms with Gasteiger partial charge in [0, 0.05) is 12.5 Å². The molecule has 0 aromatic heterocycles. The van der Waals surface area contributed by atoms with Crippen molar-refractivity contribution >= 4 is 0 Å². The molecule has 1 aliphatic heterocycles. The summed E-state index contributed by atoms with van der Waals surface area (Å²) in [5.41, 5.74) is 2.39. The fraction of sp³-hybridized carbons (Fsp3) is 0.600. The van der Waals surface area contributed by atoms with Crippen LogP contribution in [0, 0.1) is 5.92 Å². The topological polar surface area (TPSA) is 32.3 Å². The Kier molecular flexibility index (Phi) is 4.19. The van der Waals surface area contributed by atoms with E-state index in [0.29, 0.717) is 11.8 Å². The quantitative estimate of drug-likeness (QED) is 0.841.